The lowest BCUT2D eigenvalue weighted by atomic mass is 10.0. The number of hydrogen-bond donors (Lipinski definition) is 1. The van der Waals surface area contributed by atoms with Crippen LogP contribution in [0.1, 0.15) is 23.7 Å². The minimum atomic E-state index is -0.106. The summed E-state index contributed by atoms with van der Waals surface area (Å²) < 4.78 is 0. The smallest absolute Gasteiger partial charge is 0.242 e. The standard InChI is InChI=1S/C15H18ClN3O/c1-3-12-6-4-5-11(2)15(12)19(14(20)9-16)10-13-7-8-17-18-13/h4-8H,3,9-10H2,1-2H3,(H,17,18). The Labute approximate surface area is 123 Å². The first-order valence-corrected chi connectivity index (χ1v) is 7.13. The van der Waals surface area contributed by atoms with E-state index < -0.39 is 0 Å². The molecule has 1 amide bonds. The number of aromatic amines is 1. The quantitative estimate of drug-likeness (QED) is 0.861. The van der Waals surface area contributed by atoms with Crippen LogP contribution in [0.5, 0.6) is 0 Å². The first kappa shape index (κ1) is 14.6. The van der Waals surface area contributed by atoms with Gasteiger partial charge in [-0.2, -0.15) is 5.10 Å². The molecule has 0 atom stereocenters. The molecule has 0 fully saturated rings. The first-order chi connectivity index (χ1) is 9.67. The van der Waals surface area contributed by atoms with Crippen molar-refractivity contribution in [1.29, 1.82) is 0 Å². The Morgan fingerprint density at radius 2 is 2.20 bits per heavy atom. The Balaban J connectivity index is 2.43. The van der Waals surface area contributed by atoms with Crippen LogP contribution in [0.4, 0.5) is 5.69 Å². The minimum absolute atomic E-state index is 0.0361. The fourth-order valence-electron chi connectivity index (χ4n) is 2.30. The number of benzene rings is 1. The molecule has 0 spiro atoms. The molecule has 1 heterocycles. The van der Waals surface area contributed by atoms with E-state index in [1.54, 1.807) is 11.1 Å². The van der Waals surface area contributed by atoms with Crippen molar-refractivity contribution in [2.24, 2.45) is 0 Å². The highest BCUT2D eigenvalue weighted by Crippen LogP contribution is 2.27. The van der Waals surface area contributed by atoms with Crippen LogP contribution in [-0.4, -0.2) is 22.0 Å². The summed E-state index contributed by atoms with van der Waals surface area (Å²) in [5, 5.41) is 6.81. The Bertz CT molecular complexity index is 581. The summed E-state index contributed by atoms with van der Waals surface area (Å²) in [7, 11) is 0. The van der Waals surface area contributed by atoms with Crippen molar-refractivity contribution in [1.82, 2.24) is 10.2 Å². The highest BCUT2D eigenvalue weighted by atomic mass is 35.5. The predicted octanol–water partition coefficient (Wildman–Crippen LogP) is 3.05. The molecule has 2 aromatic rings. The lowest BCUT2D eigenvalue weighted by Gasteiger charge is -2.25. The molecule has 5 heteroatoms. The van der Waals surface area contributed by atoms with E-state index in [1.807, 2.05) is 31.2 Å². The molecule has 0 saturated heterocycles. The van der Waals surface area contributed by atoms with Crippen LogP contribution in [0.2, 0.25) is 0 Å². The third kappa shape index (κ3) is 3.02. The molecule has 20 heavy (non-hydrogen) atoms. The Hall–Kier alpha value is -1.81. The number of nitrogens with one attached hydrogen (secondary N) is 1. The van der Waals surface area contributed by atoms with Crippen molar-refractivity contribution in [3.05, 3.63) is 47.3 Å². The van der Waals surface area contributed by atoms with Crippen LogP contribution in [0, 0.1) is 6.92 Å². The monoisotopic (exact) mass is 291 g/mol. The maximum atomic E-state index is 12.2. The van der Waals surface area contributed by atoms with Crippen LogP contribution >= 0.6 is 11.6 Å². The SMILES string of the molecule is CCc1cccc(C)c1N(Cc1ccn[nH]1)C(=O)CCl. The number of amides is 1. The fraction of sp³-hybridized carbons (Fsp3) is 0.333. The van der Waals surface area contributed by atoms with Gasteiger partial charge in [-0.1, -0.05) is 25.1 Å². The molecule has 2 rings (SSSR count). The number of nitrogens with zero attached hydrogens (tertiary/aromatic N) is 2. The Morgan fingerprint density at radius 3 is 2.80 bits per heavy atom. The maximum Gasteiger partial charge on any atom is 0.242 e. The van der Waals surface area contributed by atoms with Crippen LogP contribution in [0.3, 0.4) is 0 Å². The van der Waals surface area contributed by atoms with Crippen LogP contribution in [0.15, 0.2) is 30.5 Å². The molecule has 4 nitrogen and oxygen atoms in total. The number of aryl methyl sites for hydroxylation is 2. The lowest BCUT2D eigenvalue weighted by molar-refractivity contribution is -0.116. The number of carbonyl (C=O) groups excluding carboxylic acids is 1. The van der Waals surface area contributed by atoms with Crippen LogP contribution < -0.4 is 4.90 Å². The zero-order valence-corrected chi connectivity index (χ0v) is 12.4. The largest absolute Gasteiger partial charge is 0.305 e. The van der Waals surface area contributed by atoms with Gasteiger partial charge >= 0.3 is 0 Å². The summed E-state index contributed by atoms with van der Waals surface area (Å²) in [6, 6.07) is 7.93. The molecule has 1 N–H and O–H groups in total. The van der Waals surface area contributed by atoms with E-state index >= 15 is 0 Å². The second-order valence-electron chi connectivity index (χ2n) is 4.63. The number of para-hydroxylation sites is 1. The number of H-pyrrole nitrogens is 1. The van der Waals surface area contributed by atoms with Crippen molar-refractivity contribution < 1.29 is 4.79 Å². The predicted molar refractivity (Wildman–Crippen MR) is 81.1 cm³/mol. The summed E-state index contributed by atoms with van der Waals surface area (Å²) in [5.74, 6) is -0.142. The topological polar surface area (TPSA) is 49.0 Å². The second-order valence-corrected chi connectivity index (χ2v) is 4.90. The summed E-state index contributed by atoms with van der Waals surface area (Å²) >= 11 is 5.77. The van der Waals surface area contributed by atoms with Gasteiger partial charge in [0, 0.05) is 6.20 Å². The zero-order valence-electron chi connectivity index (χ0n) is 11.7. The van der Waals surface area contributed by atoms with Gasteiger partial charge in [-0.05, 0) is 30.5 Å². The lowest BCUT2D eigenvalue weighted by Crippen LogP contribution is -2.33. The van der Waals surface area contributed by atoms with E-state index in [0.717, 1.165) is 28.9 Å². The molecular weight excluding hydrogens is 274 g/mol. The Kier molecular flexibility index (Phi) is 4.79. The molecule has 0 aliphatic carbocycles. The minimum Gasteiger partial charge on any atom is -0.305 e. The van der Waals surface area contributed by atoms with E-state index in [0.29, 0.717) is 6.54 Å². The van der Waals surface area contributed by atoms with Gasteiger partial charge in [0.1, 0.15) is 5.88 Å². The molecule has 1 aromatic carbocycles. The molecule has 0 radical (unpaired) electrons. The van der Waals surface area contributed by atoms with Gasteiger partial charge in [-0.25, -0.2) is 0 Å². The number of carbonyl (C=O) groups is 1. The highest BCUT2D eigenvalue weighted by molar-refractivity contribution is 6.29. The van der Waals surface area contributed by atoms with Gasteiger partial charge in [0.2, 0.25) is 5.91 Å². The molecular formula is C15H18ClN3O. The summed E-state index contributed by atoms with van der Waals surface area (Å²) in [4.78, 5) is 13.9. The van der Waals surface area contributed by atoms with Crippen molar-refractivity contribution >= 4 is 23.2 Å². The van der Waals surface area contributed by atoms with Gasteiger partial charge < -0.3 is 4.90 Å². The average Bonchev–Trinajstić information content (AvgIpc) is 2.97. The third-order valence-corrected chi connectivity index (χ3v) is 3.50. The van der Waals surface area contributed by atoms with E-state index in [1.165, 1.54) is 0 Å². The van der Waals surface area contributed by atoms with E-state index in [9.17, 15) is 4.79 Å². The van der Waals surface area contributed by atoms with Gasteiger partial charge in [-0.3, -0.25) is 9.89 Å². The summed E-state index contributed by atoms with van der Waals surface area (Å²) in [6.07, 6.45) is 2.54. The van der Waals surface area contributed by atoms with Gasteiger partial charge in [0.05, 0.1) is 17.9 Å². The number of anilines is 1. The van der Waals surface area contributed by atoms with E-state index in [-0.39, 0.29) is 11.8 Å². The van der Waals surface area contributed by atoms with Crippen molar-refractivity contribution in [2.45, 2.75) is 26.8 Å². The van der Waals surface area contributed by atoms with Crippen LogP contribution in [-0.2, 0) is 17.8 Å². The average molecular weight is 292 g/mol. The van der Waals surface area contributed by atoms with Crippen LogP contribution in [0.25, 0.3) is 0 Å². The molecule has 0 saturated carbocycles. The third-order valence-electron chi connectivity index (χ3n) is 3.27. The number of hydrogen-bond acceptors (Lipinski definition) is 2. The normalized spacial score (nSPS) is 10.6. The number of rotatable bonds is 5. The number of alkyl halides is 1. The molecule has 106 valence electrons. The van der Waals surface area contributed by atoms with Gasteiger partial charge in [0.25, 0.3) is 0 Å². The molecule has 0 aliphatic heterocycles. The fourth-order valence-corrected chi connectivity index (χ4v) is 2.44. The molecule has 0 bridgehead atoms. The molecule has 0 aliphatic rings. The van der Waals surface area contributed by atoms with E-state index in [4.69, 9.17) is 11.6 Å². The van der Waals surface area contributed by atoms with Gasteiger partial charge in [-0.15, -0.1) is 11.6 Å². The van der Waals surface area contributed by atoms with Gasteiger partial charge in [0.15, 0.2) is 0 Å². The first-order valence-electron chi connectivity index (χ1n) is 6.60. The summed E-state index contributed by atoms with van der Waals surface area (Å²) in [5.41, 5.74) is 4.05. The van der Waals surface area contributed by atoms with Crippen molar-refractivity contribution in [2.75, 3.05) is 10.8 Å². The maximum absolute atomic E-state index is 12.2. The zero-order chi connectivity index (χ0) is 14.5. The molecule has 1 aromatic heterocycles. The second kappa shape index (κ2) is 6.57. The van der Waals surface area contributed by atoms with E-state index in [2.05, 4.69) is 17.1 Å². The van der Waals surface area contributed by atoms with Crippen molar-refractivity contribution in [3.63, 3.8) is 0 Å². The van der Waals surface area contributed by atoms with Crippen molar-refractivity contribution in [3.8, 4) is 0 Å². The number of halogens is 1. The Morgan fingerprint density at radius 1 is 1.40 bits per heavy atom. The summed E-state index contributed by atoms with van der Waals surface area (Å²) in [6.45, 7) is 4.54. The number of aromatic nitrogens is 2. The highest BCUT2D eigenvalue weighted by Gasteiger charge is 2.20. The molecule has 0 unspecified atom stereocenters.